The zero-order valence-corrected chi connectivity index (χ0v) is 7.58. The standard InChI is InChI=1S/C9H16O3/c1-6(8(10)11)7-4-3-5-9(7,2)12/h6-7,12H,3-5H2,1-2H3,(H,10,11)/t6?,7-,9-/m0/s1. The van der Waals surface area contributed by atoms with E-state index in [9.17, 15) is 9.90 Å². The highest BCUT2D eigenvalue weighted by atomic mass is 16.4. The summed E-state index contributed by atoms with van der Waals surface area (Å²) >= 11 is 0. The van der Waals surface area contributed by atoms with Crippen LogP contribution in [0.15, 0.2) is 0 Å². The van der Waals surface area contributed by atoms with Crippen molar-refractivity contribution in [2.24, 2.45) is 11.8 Å². The van der Waals surface area contributed by atoms with Crippen molar-refractivity contribution < 1.29 is 15.0 Å². The molecule has 0 spiro atoms. The van der Waals surface area contributed by atoms with Gasteiger partial charge in [0, 0.05) is 5.92 Å². The fraction of sp³-hybridized carbons (Fsp3) is 0.889. The van der Waals surface area contributed by atoms with Gasteiger partial charge in [-0.1, -0.05) is 13.3 Å². The first-order valence-electron chi connectivity index (χ1n) is 4.40. The molecule has 1 aliphatic rings. The number of rotatable bonds is 2. The van der Waals surface area contributed by atoms with E-state index in [-0.39, 0.29) is 5.92 Å². The maximum atomic E-state index is 10.7. The van der Waals surface area contributed by atoms with Crippen LogP contribution in [0.25, 0.3) is 0 Å². The highest BCUT2D eigenvalue weighted by Crippen LogP contribution is 2.39. The molecule has 12 heavy (non-hydrogen) atoms. The summed E-state index contributed by atoms with van der Waals surface area (Å²) in [6.07, 6.45) is 2.50. The molecule has 3 nitrogen and oxygen atoms in total. The molecule has 0 bridgehead atoms. The van der Waals surface area contributed by atoms with Gasteiger partial charge in [-0.25, -0.2) is 0 Å². The van der Waals surface area contributed by atoms with Gasteiger partial charge in [0.15, 0.2) is 0 Å². The number of carboxylic acids is 1. The van der Waals surface area contributed by atoms with Gasteiger partial charge < -0.3 is 10.2 Å². The van der Waals surface area contributed by atoms with Gasteiger partial charge >= 0.3 is 5.97 Å². The predicted octanol–water partition coefficient (Wildman–Crippen LogP) is 1.26. The van der Waals surface area contributed by atoms with Crippen LogP contribution in [-0.2, 0) is 4.79 Å². The summed E-state index contributed by atoms with van der Waals surface area (Å²) in [6.45, 7) is 3.41. The third-order valence-electron chi connectivity index (χ3n) is 2.99. The summed E-state index contributed by atoms with van der Waals surface area (Å²) in [5, 5.41) is 18.6. The van der Waals surface area contributed by atoms with Crippen LogP contribution in [0.5, 0.6) is 0 Å². The van der Waals surface area contributed by atoms with Gasteiger partial charge in [0.2, 0.25) is 0 Å². The number of aliphatic carboxylic acids is 1. The van der Waals surface area contributed by atoms with Gasteiger partial charge in [-0.3, -0.25) is 4.79 Å². The summed E-state index contributed by atoms with van der Waals surface area (Å²) in [5.74, 6) is -1.31. The third-order valence-corrected chi connectivity index (χ3v) is 2.99. The summed E-state index contributed by atoms with van der Waals surface area (Å²) in [7, 11) is 0. The average Bonchev–Trinajstić information content (AvgIpc) is 2.27. The van der Waals surface area contributed by atoms with Crippen molar-refractivity contribution in [1.29, 1.82) is 0 Å². The minimum absolute atomic E-state index is 0.0741. The molecule has 0 heterocycles. The molecule has 1 fully saturated rings. The first-order chi connectivity index (χ1) is 5.45. The van der Waals surface area contributed by atoms with Gasteiger partial charge in [0.05, 0.1) is 11.5 Å². The molecular weight excluding hydrogens is 156 g/mol. The van der Waals surface area contributed by atoms with Crippen molar-refractivity contribution in [3.8, 4) is 0 Å². The Hall–Kier alpha value is -0.570. The summed E-state index contributed by atoms with van der Waals surface area (Å²) in [6, 6.07) is 0. The van der Waals surface area contributed by atoms with Crippen LogP contribution in [0.4, 0.5) is 0 Å². The van der Waals surface area contributed by atoms with Gasteiger partial charge in [0.1, 0.15) is 0 Å². The molecule has 1 rings (SSSR count). The van der Waals surface area contributed by atoms with Crippen molar-refractivity contribution in [2.75, 3.05) is 0 Å². The molecule has 0 aromatic carbocycles. The largest absolute Gasteiger partial charge is 0.481 e. The molecule has 0 saturated heterocycles. The van der Waals surface area contributed by atoms with Gasteiger partial charge in [0.25, 0.3) is 0 Å². The van der Waals surface area contributed by atoms with Gasteiger partial charge in [-0.2, -0.15) is 0 Å². The molecule has 1 saturated carbocycles. The van der Waals surface area contributed by atoms with E-state index in [0.717, 1.165) is 19.3 Å². The highest BCUT2D eigenvalue weighted by molar-refractivity contribution is 5.70. The molecule has 0 amide bonds. The summed E-state index contributed by atoms with van der Waals surface area (Å²) < 4.78 is 0. The monoisotopic (exact) mass is 172 g/mol. The maximum Gasteiger partial charge on any atom is 0.306 e. The van der Waals surface area contributed by atoms with Crippen LogP contribution in [0.2, 0.25) is 0 Å². The van der Waals surface area contributed by atoms with Crippen LogP contribution >= 0.6 is 0 Å². The predicted molar refractivity (Wildman–Crippen MR) is 44.8 cm³/mol. The Morgan fingerprint density at radius 3 is 2.58 bits per heavy atom. The lowest BCUT2D eigenvalue weighted by atomic mass is 9.83. The van der Waals surface area contributed by atoms with Crippen molar-refractivity contribution in [3.05, 3.63) is 0 Å². The first-order valence-corrected chi connectivity index (χ1v) is 4.40. The van der Waals surface area contributed by atoms with E-state index in [1.165, 1.54) is 0 Å². The van der Waals surface area contributed by atoms with E-state index in [2.05, 4.69) is 0 Å². The molecule has 3 atom stereocenters. The van der Waals surface area contributed by atoms with E-state index < -0.39 is 17.5 Å². The van der Waals surface area contributed by atoms with Crippen LogP contribution in [0.1, 0.15) is 33.1 Å². The van der Waals surface area contributed by atoms with Crippen molar-refractivity contribution in [3.63, 3.8) is 0 Å². The van der Waals surface area contributed by atoms with Gasteiger partial charge in [-0.05, 0) is 19.8 Å². The van der Waals surface area contributed by atoms with Crippen molar-refractivity contribution in [2.45, 2.75) is 38.7 Å². The molecule has 70 valence electrons. The number of hydrogen-bond donors (Lipinski definition) is 2. The lowest BCUT2D eigenvalue weighted by molar-refractivity contribution is -0.146. The quantitative estimate of drug-likeness (QED) is 0.659. The zero-order chi connectivity index (χ0) is 9.35. The van der Waals surface area contributed by atoms with E-state index >= 15 is 0 Å². The second kappa shape index (κ2) is 3.05. The highest BCUT2D eigenvalue weighted by Gasteiger charge is 2.42. The van der Waals surface area contributed by atoms with Gasteiger partial charge in [-0.15, -0.1) is 0 Å². The number of aliphatic hydroxyl groups is 1. The molecule has 2 N–H and O–H groups in total. The fourth-order valence-corrected chi connectivity index (χ4v) is 2.14. The molecule has 1 aliphatic carbocycles. The Balaban J connectivity index is 2.68. The minimum atomic E-state index is -0.804. The maximum absolute atomic E-state index is 10.7. The molecule has 0 aromatic rings. The third kappa shape index (κ3) is 1.61. The Bertz CT molecular complexity index is 186. The Kier molecular flexibility index (Phi) is 2.42. The lowest BCUT2D eigenvalue weighted by Gasteiger charge is -2.28. The molecule has 0 aromatic heterocycles. The molecule has 0 radical (unpaired) electrons. The van der Waals surface area contributed by atoms with E-state index in [1.54, 1.807) is 13.8 Å². The molecule has 0 aliphatic heterocycles. The molecular formula is C9H16O3. The van der Waals surface area contributed by atoms with E-state index in [1.807, 2.05) is 0 Å². The number of carboxylic acid groups (broad SMARTS) is 1. The van der Waals surface area contributed by atoms with E-state index in [4.69, 9.17) is 5.11 Å². The number of carbonyl (C=O) groups is 1. The normalized spacial score (nSPS) is 38.1. The molecule has 1 unspecified atom stereocenters. The van der Waals surface area contributed by atoms with Crippen molar-refractivity contribution in [1.82, 2.24) is 0 Å². The SMILES string of the molecule is CC(C(=O)O)[C@@H]1CCC[C@]1(C)O. The summed E-state index contributed by atoms with van der Waals surface area (Å²) in [4.78, 5) is 10.7. The van der Waals surface area contributed by atoms with Crippen LogP contribution in [0.3, 0.4) is 0 Å². The second-order valence-electron chi connectivity index (χ2n) is 3.98. The Morgan fingerprint density at radius 2 is 2.25 bits per heavy atom. The van der Waals surface area contributed by atoms with Crippen LogP contribution in [-0.4, -0.2) is 21.8 Å². The van der Waals surface area contributed by atoms with Crippen LogP contribution in [0, 0.1) is 11.8 Å². The first kappa shape index (κ1) is 9.52. The fourth-order valence-electron chi connectivity index (χ4n) is 2.14. The van der Waals surface area contributed by atoms with Crippen LogP contribution < -0.4 is 0 Å². The minimum Gasteiger partial charge on any atom is -0.481 e. The number of hydrogen-bond acceptors (Lipinski definition) is 2. The van der Waals surface area contributed by atoms with Crippen molar-refractivity contribution >= 4 is 5.97 Å². The molecule has 3 heteroatoms. The lowest BCUT2D eigenvalue weighted by Crippen LogP contribution is -2.36. The summed E-state index contributed by atoms with van der Waals surface area (Å²) in [5.41, 5.74) is -0.766. The Morgan fingerprint density at radius 1 is 1.67 bits per heavy atom. The Labute approximate surface area is 72.4 Å². The smallest absolute Gasteiger partial charge is 0.306 e. The average molecular weight is 172 g/mol. The topological polar surface area (TPSA) is 57.5 Å². The van der Waals surface area contributed by atoms with E-state index in [0.29, 0.717) is 0 Å². The second-order valence-corrected chi connectivity index (χ2v) is 3.98. The zero-order valence-electron chi connectivity index (χ0n) is 7.58.